The maximum Gasteiger partial charge on any atom is 0.325 e. The standard InChI is InChI=1S/C24H33NO5/c1-7-29-20(26)24(21(27)30-8-2)14-23(4)17-12-15-10-9-11-16(28-6)19(15)22(23,3)13-18(24)25(17)5/h9-11,17-18H,7-8,12-14H2,1-6H3/t17?,18?,22-,23+/m1/s1. The molecule has 0 radical (unpaired) electrons. The average Bonchev–Trinajstić information content (AvgIpc) is 2.71. The third-order valence-electron chi connectivity index (χ3n) is 8.37. The number of carbonyl (C=O) groups excluding carboxylic acids is 2. The van der Waals surface area contributed by atoms with Gasteiger partial charge in [0.1, 0.15) is 5.75 Å². The average molecular weight is 416 g/mol. The first-order valence-corrected chi connectivity index (χ1v) is 10.9. The van der Waals surface area contributed by atoms with Crippen molar-refractivity contribution in [1.82, 2.24) is 4.90 Å². The third-order valence-corrected chi connectivity index (χ3v) is 8.37. The lowest BCUT2D eigenvalue weighted by Crippen LogP contribution is -2.78. The Kier molecular flexibility index (Phi) is 4.92. The monoisotopic (exact) mass is 415 g/mol. The molecule has 2 saturated heterocycles. The van der Waals surface area contributed by atoms with E-state index in [1.54, 1.807) is 21.0 Å². The molecular formula is C24H33NO5. The van der Waals surface area contributed by atoms with Crippen LogP contribution in [0.2, 0.25) is 0 Å². The van der Waals surface area contributed by atoms with Crippen molar-refractivity contribution < 1.29 is 23.8 Å². The minimum Gasteiger partial charge on any atom is -0.496 e. The number of esters is 2. The molecule has 2 aliphatic heterocycles. The molecule has 6 heteroatoms. The Morgan fingerprint density at radius 1 is 1.10 bits per heavy atom. The highest BCUT2D eigenvalue weighted by atomic mass is 16.6. The zero-order valence-corrected chi connectivity index (χ0v) is 18.9. The Labute approximate surface area is 178 Å². The summed E-state index contributed by atoms with van der Waals surface area (Å²) in [4.78, 5) is 28.9. The summed E-state index contributed by atoms with van der Waals surface area (Å²) in [5.41, 5.74) is 0.676. The van der Waals surface area contributed by atoms with E-state index < -0.39 is 17.4 Å². The number of likely N-dealkylation sites (N-methyl/N-ethyl adjacent to an activating group) is 1. The van der Waals surface area contributed by atoms with Crippen LogP contribution in [-0.2, 0) is 30.9 Å². The predicted molar refractivity (Wildman–Crippen MR) is 112 cm³/mol. The molecule has 0 spiro atoms. The van der Waals surface area contributed by atoms with Crippen LogP contribution in [0.5, 0.6) is 5.75 Å². The van der Waals surface area contributed by atoms with Gasteiger partial charge in [-0.25, -0.2) is 0 Å². The van der Waals surface area contributed by atoms with Gasteiger partial charge in [0, 0.05) is 23.1 Å². The van der Waals surface area contributed by atoms with Crippen molar-refractivity contribution in [3.8, 4) is 5.75 Å². The van der Waals surface area contributed by atoms with Crippen molar-refractivity contribution in [3.05, 3.63) is 29.3 Å². The highest BCUT2D eigenvalue weighted by molar-refractivity contribution is 6.01. The molecular weight excluding hydrogens is 382 g/mol. The van der Waals surface area contributed by atoms with Crippen molar-refractivity contribution in [2.24, 2.45) is 10.8 Å². The maximum absolute atomic E-state index is 13.3. The lowest BCUT2D eigenvalue weighted by atomic mass is 9.39. The fourth-order valence-electron chi connectivity index (χ4n) is 6.86. The number of methoxy groups -OCH3 is 1. The zero-order chi connectivity index (χ0) is 21.9. The van der Waals surface area contributed by atoms with Gasteiger partial charge in [-0.15, -0.1) is 0 Å². The van der Waals surface area contributed by atoms with E-state index in [0.29, 0.717) is 12.8 Å². The molecule has 164 valence electrons. The first-order valence-electron chi connectivity index (χ1n) is 10.9. The van der Waals surface area contributed by atoms with Gasteiger partial charge >= 0.3 is 11.9 Å². The van der Waals surface area contributed by atoms with Crippen LogP contribution >= 0.6 is 0 Å². The summed E-state index contributed by atoms with van der Waals surface area (Å²) < 4.78 is 16.7. The number of piperidine rings is 2. The van der Waals surface area contributed by atoms with Gasteiger partial charge in [0.2, 0.25) is 0 Å². The van der Waals surface area contributed by atoms with Crippen molar-refractivity contribution in [1.29, 1.82) is 0 Å². The van der Waals surface area contributed by atoms with Crippen LogP contribution in [0.4, 0.5) is 0 Å². The quantitative estimate of drug-likeness (QED) is 0.544. The molecule has 1 saturated carbocycles. The van der Waals surface area contributed by atoms with E-state index >= 15 is 0 Å². The summed E-state index contributed by atoms with van der Waals surface area (Å²) in [6.45, 7) is 8.54. The Hall–Kier alpha value is -2.08. The van der Waals surface area contributed by atoms with E-state index in [-0.39, 0.29) is 36.1 Å². The molecule has 0 aromatic heterocycles. The highest BCUT2D eigenvalue weighted by Crippen LogP contribution is 2.69. The van der Waals surface area contributed by atoms with Crippen LogP contribution in [0.25, 0.3) is 0 Å². The van der Waals surface area contributed by atoms with Gasteiger partial charge in [0.25, 0.3) is 0 Å². The number of hydrogen-bond acceptors (Lipinski definition) is 6. The van der Waals surface area contributed by atoms with Gasteiger partial charge in [-0.1, -0.05) is 26.0 Å². The van der Waals surface area contributed by atoms with E-state index in [9.17, 15) is 9.59 Å². The molecule has 4 bridgehead atoms. The molecule has 1 aromatic carbocycles. The van der Waals surface area contributed by atoms with Crippen molar-refractivity contribution in [2.75, 3.05) is 27.4 Å². The SMILES string of the molecule is CCOC(=O)C1(C(=O)OCC)C[C@@]2(C)C3Cc4cccc(OC)c4[C@@]2(C)CC1N3C. The van der Waals surface area contributed by atoms with Gasteiger partial charge in [0.15, 0.2) is 5.41 Å². The molecule has 0 N–H and O–H groups in total. The summed E-state index contributed by atoms with van der Waals surface area (Å²) in [5, 5.41) is 0. The minimum absolute atomic E-state index is 0.220. The van der Waals surface area contributed by atoms with E-state index in [2.05, 4.69) is 24.8 Å². The second-order valence-electron chi connectivity index (χ2n) is 9.44. The van der Waals surface area contributed by atoms with Crippen molar-refractivity contribution in [2.45, 2.75) is 64.5 Å². The molecule has 6 nitrogen and oxygen atoms in total. The van der Waals surface area contributed by atoms with Crippen LogP contribution in [0.3, 0.4) is 0 Å². The van der Waals surface area contributed by atoms with Crippen molar-refractivity contribution >= 4 is 11.9 Å². The number of nitrogens with zero attached hydrogens (tertiary/aromatic N) is 1. The van der Waals surface area contributed by atoms with Crippen LogP contribution in [-0.4, -0.2) is 56.3 Å². The Morgan fingerprint density at radius 2 is 1.73 bits per heavy atom. The van der Waals surface area contributed by atoms with Crippen molar-refractivity contribution in [3.63, 3.8) is 0 Å². The summed E-state index contributed by atoms with van der Waals surface area (Å²) in [5.74, 6) is -0.0107. The summed E-state index contributed by atoms with van der Waals surface area (Å²) >= 11 is 0. The predicted octanol–water partition coefficient (Wildman–Crippen LogP) is 3.10. The highest BCUT2D eigenvalue weighted by Gasteiger charge is 2.75. The molecule has 4 atom stereocenters. The summed E-state index contributed by atoms with van der Waals surface area (Å²) in [6, 6.07) is 6.18. The lowest BCUT2D eigenvalue weighted by molar-refractivity contribution is -0.219. The normalized spacial score (nSPS) is 33.5. The topological polar surface area (TPSA) is 65.1 Å². The molecule has 2 aliphatic carbocycles. The second kappa shape index (κ2) is 6.98. The lowest BCUT2D eigenvalue weighted by Gasteiger charge is -2.71. The fraction of sp³-hybridized carbons (Fsp3) is 0.667. The number of fused-ring (bicyclic) bond motifs is 2. The smallest absolute Gasteiger partial charge is 0.325 e. The van der Waals surface area contributed by atoms with E-state index in [0.717, 1.165) is 12.2 Å². The van der Waals surface area contributed by atoms with Gasteiger partial charge in [-0.3, -0.25) is 14.5 Å². The van der Waals surface area contributed by atoms with Gasteiger partial charge < -0.3 is 14.2 Å². The first-order chi connectivity index (χ1) is 14.2. The van der Waals surface area contributed by atoms with Crippen LogP contribution < -0.4 is 4.74 Å². The Morgan fingerprint density at radius 3 is 2.30 bits per heavy atom. The molecule has 3 fully saturated rings. The van der Waals surface area contributed by atoms with E-state index in [4.69, 9.17) is 14.2 Å². The van der Waals surface area contributed by atoms with Crippen LogP contribution in [0.15, 0.2) is 18.2 Å². The molecule has 30 heavy (non-hydrogen) atoms. The number of carbonyl (C=O) groups is 2. The molecule has 1 aromatic rings. The summed E-state index contributed by atoms with van der Waals surface area (Å²) in [6.07, 6.45) is 1.96. The van der Waals surface area contributed by atoms with E-state index in [1.165, 1.54) is 11.1 Å². The largest absolute Gasteiger partial charge is 0.496 e. The molecule has 2 unspecified atom stereocenters. The van der Waals surface area contributed by atoms with Crippen LogP contribution in [0.1, 0.15) is 51.7 Å². The molecule has 5 rings (SSSR count). The zero-order valence-electron chi connectivity index (χ0n) is 18.9. The fourth-order valence-corrected chi connectivity index (χ4v) is 6.86. The molecule has 2 heterocycles. The van der Waals surface area contributed by atoms with Gasteiger partial charge in [-0.2, -0.15) is 0 Å². The third kappa shape index (κ3) is 2.40. The number of hydrogen-bond donors (Lipinski definition) is 0. The van der Waals surface area contributed by atoms with E-state index in [1.807, 2.05) is 19.2 Å². The molecule has 0 amide bonds. The molecule has 4 aliphatic rings. The maximum atomic E-state index is 13.3. The van der Waals surface area contributed by atoms with Gasteiger partial charge in [0.05, 0.1) is 20.3 Å². The number of rotatable bonds is 5. The van der Waals surface area contributed by atoms with Crippen LogP contribution in [0, 0.1) is 10.8 Å². The Balaban J connectivity index is 1.91. The summed E-state index contributed by atoms with van der Waals surface area (Å²) in [7, 11) is 3.76. The first kappa shape index (κ1) is 21.2. The minimum atomic E-state index is -1.30. The Bertz CT molecular complexity index is 864. The second-order valence-corrected chi connectivity index (χ2v) is 9.44. The number of ether oxygens (including phenoxy) is 3. The number of benzene rings is 1. The van der Waals surface area contributed by atoms with Gasteiger partial charge in [-0.05, 0) is 57.2 Å².